The van der Waals surface area contributed by atoms with Crippen molar-refractivity contribution in [1.82, 2.24) is 24.6 Å². The summed E-state index contributed by atoms with van der Waals surface area (Å²) in [6, 6.07) is 14.2. The highest BCUT2D eigenvalue weighted by atomic mass is 16.2. The van der Waals surface area contributed by atoms with E-state index in [1.165, 1.54) is 5.56 Å². The number of fused-ring (bicyclic) bond motifs is 1. The van der Waals surface area contributed by atoms with E-state index in [4.69, 9.17) is 0 Å². The van der Waals surface area contributed by atoms with Crippen molar-refractivity contribution in [2.24, 2.45) is 0 Å². The molecule has 0 unspecified atom stereocenters. The fraction of sp³-hybridized carbons (Fsp3) is 0.300. The van der Waals surface area contributed by atoms with E-state index in [2.05, 4.69) is 38.8 Å². The molecule has 1 atom stereocenters. The molecule has 4 rings (SSSR count). The van der Waals surface area contributed by atoms with Gasteiger partial charge >= 0.3 is 0 Å². The maximum atomic E-state index is 12.7. The van der Waals surface area contributed by atoms with Crippen LogP contribution in [0.5, 0.6) is 0 Å². The molecule has 3 aromatic rings. The number of pyridine rings is 1. The number of rotatable bonds is 4. The van der Waals surface area contributed by atoms with Gasteiger partial charge in [0, 0.05) is 25.4 Å². The number of carbonyl (C=O) groups is 1. The van der Waals surface area contributed by atoms with Crippen molar-refractivity contribution < 1.29 is 4.79 Å². The van der Waals surface area contributed by atoms with Crippen molar-refractivity contribution in [2.45, 2.75) is 32.4 Å². The van der Waals surface area contributed by atoms with Gasteiger partial charge in [0.1, 0.15) is 5.82 Å². The predicted octanol–water partition coefficient (Wildman–Crippen LogP) is 2.41. The molecule has 0 N–H and O–H groups in total. The Labute approximate surface area is 152 Å². The number of hydrogen-bond donors (Lipinski definition) is 0. The highest BCUT2D eigenvalue weighted by Gasteiger charge is 2.29. The van der Waals surface area contributed by atoms with E-state index >= 15 is 0 Å². The zero-order chi connectivity index (χ0) is 17.9. The van der Waals surface area contributed by atoms with E-state index in [9.17, 15) is 4.79 Å². The second kappa shape index (κ2) is 7.07. The van der Waals surface area contributed by atoms with E-state index < -0.39 is 0 Å². The Morgan fingerprint density at radius 2 is 1.92 bits per heavy atom. The van der Waals surface area contributed by atoms with Crippen molar-refractivity contribution in [3.63, 3.8) is 0 Å². The van der Waals surface area contributed by atoms with Gasteiger partial charge in [-0.25, -0.2) is 0 Å². The molecule has 6 heteroatoms. The molecule has 132 valence electrons. The Kier molecular flexibility index (Phi) is 4.48. The Bertz CT molecular complexity index is 891. The Balaban J connectivity index is 1.50. The lowest BCUT2D eigenvalue weighted by molar-refractivity contribution is -0.132. The van der Waals surface area contributed by atoms with Gasteiger partial charge < -0.3 is 9.47 Å². The Morgan fingerprint density at radius 3 is 2.69 bits per heavy atom. The molecule has 0 saturated carbocycles. The van der Waals surface area contributed by atoms with Crippen LogP contribution in [0.3, 0.4) is 0 Å². The van der Waals surface area contributed by atoms with Crippen molar-refractivity contribution in [3.8, 4) is 0 Å². The molecule has 3 heterocycles. The summed E-state index contributed by atoms with van der Waals surface area (Å²) >= 11 is 0. The molecule has 0 spiro atoms. The van der Waals surface area contributed by atoms with Crippen LogP contribution in [0.2, 0.25) is 0 Å². The van der Waals surface area contributed by atoms with E-state index in [0.717, 1.165) is 23.6 Å². The summed E-state index contributed by atoms with van der Waals surface area (Å²) in [6.45, 7) is 3.29. The van der Waals surface area contributed by atoms with Gasteiger partial charge in [-0.2, -0.15) is 0 Å². The van der Waals surface area contributed by atoms with Crippen LogP contribution < -0.4 is 0 Å². The van der Waals surface area contributed by atoms with Crippen LogP contribution in [-0.2, 0) is 24.2 Å². The van der Waals surface area contributed by atoms with Crippen molar-refractivity contribution in [3.05, 3.63) is 77.6 Å². The molecule has 1 aliphatic heterocycles. The second-order valence-corrected chi connectivity index (χ2v) is 6.73. The van der Waals surface area contributed by atoms with Crippen LogP contribution in [0.15, 0.2) is 54.9 Å². The molecule has 1 aromatic carbocycles. The molecule has 2 aromatic heterocycles. The Morgan fingerprint density at radius 1 is 1.12 bits per heavy atom. The fourth-order valence-electron chi connectivity index (χ4n) is 3.49. The first-order chi connectivity index (χ1) is 12.7. The van der Waals surface area contributed by atoms with E-state index in [1.54, 1.807) is 12.4 Å². The largest absolute Gasteiger partial charge is 0.333 e. The highest BCUT2D eigenvalue weighted by Crippen LogP contribution is 2.23. The first kappa shape index (κ1) is 16.4. The topological polar surface area (TPSA) is 63.9 Å². The smallest absolute Gasteiger partial charge is 0.227 e. The molecule has 1 aliphatic rings. The molecule has 6 nitrogen and oxygen atoms in total. The van der Waals surface area contributed by atoms with Crippen LogP contribution in [-0.4, -0.2) is 37.1 Å². The Hall–Kier alpha value is -3.02. The second-order valence-electron chi connectivity index (χ2n) is 6.73. The standard InChI is InChI=1S/C20H21N5O/c1-15-13-24(20(26)11-17-8-5-9-21-12-17)14-19-23-22-18(25(15)19)10-16-6-3-2-4-7-16/h2-9,12,15H,10-11,13-14H2,1H3/t15-/m0/s1. The summed E-state index contributed by atoms with van der Waals surface area (Å²) in [6.07, 6.45) is 4.58. The molecule has 0 bridgehead atoms. The average molecular weight is 347 g/mol. The molecular weight excluding hydrogens is 326 g/mol. The van der Waals surface area contributed by atoms with Gasteiger partial charge in [-0.3, -0.25) is 9.78 Å². The molecule has 0 aliphatic carbocycles. The molecule has 0 saturated heterocycles. The molecule has 26 heavy (non-hydrogen) atoms. The van der Waals surface area contributed by atoms with Gasteiger partial charge in [-0.1, -0.05) is 36.4 Å². The van der Waals surface area contributed by atoms with Crippen molar-refractivity contribution in [2.75, 3.05) is 6.54 Å². The lowest BCUT2D eigenvalue weighted by Gasteiger charge is -2.32. The summed E-state index contributed by atoms with van der Waals surface area (Å²) in [7, 11) is 0. The first-order valence-corrected chi connectivity index (χ1v) is 8.84. The minimum absolute atomic E-state index is 0.101. The third kappa shape index (κ3) is 3.35. The number of benzene rings is 1. The number of hydrogen-bond acceptors (Lipinski definition) is 4. The SMILES string of the molecule is C[C@H]1CN(C(=O)Cc2cccnc2)Cc2nnc(Cc3ccccc3)n21. The zero-order valence-corrected chi connectivity index (χ0v) is 14.7. The van der Waals surface area contributed by atoms with Crippen LogP contribution in [0.25, 0.3) is 0 Å². The van der Waals surface area contributed by atoms with Gasteiger partial charge in [0.15, 0.2) is 5.82 Å². The van der Waals surface area contributed by atoms with Crippen molar-refractivity contribution >= 4 is 5.91 Å². The minimum atomic E-state index is 0.101. The molecule has 1 amide bonds. The van der Waals surface area contributed by atoms with E-state index in [1.807, 2.05) is 35.2 Å². The summed E-state index contributed by atoms with van der Waals surface area (Å²) in [5.74, 6) is 1.91. The van der Waals surface area contributed by atoms with Gasteiger partial charge in [0.2, 0.25) is 5.91 Å². The summed E-state index contributed by atoms with van der Waals surface area (Å²) in [5, 5.41) is 8.74. The van der Waals surface area contributed by atoms with Gasteiger partial charge in [-0.15, -0.1) is 10.2 Å². The molecule has 0 fully saturated rings. The maximum absolute atomic E-state index is 12.7. The lowest BCUT2D eigenvalue weighted by Crippen LogP contribution is -2.41. The first-order valence-electron chi connectivity index (χ1n) is 8.84. The molecular formula is C20H21N5O. The zero-order valence-electron chi connectivity index (χ0n) is 14.7. The van der Waals surface area contributed by atoms with Crippen molar-refractivity contribution in [1.29, 1.82) is 0 Å². The van der Waals surface area contributed by atoms with Crippen LogP contribution in [0.1, 0.15) is 35.7 Å². The van der Waals surface area contributed by atoms with Crippen LogP contribution >= 0.6 is 0 Å². The maximum Gasteiger partial charge on any atom is 0.227 e. The minimum Gasteiger partial charge on any atom is -0.333 e. The van der Waals surface area contributed by atoms with Gasteiger partial charge in [0.05, 0.1) is 19.0 Å². The normalized spacial score (nSPS) is 16.3. The predicted molar refractivity (Wildman–Crippen MR) is 97.3 cm³/mol. The lowest BCUT2D eigenvalue weighted by atomic mass is 10.1. The van der Waals surface area contributed by atoms with Gasteiger partial charge in [-0.05, 0) is 24.1 Å². The monoisotopic (exact) mass is 347 g/mol. The van der Waals surface area contributed by atoms with E-state index in [0.29, 0.717) is 19.5 Å². The van der Waals surface area contributed by atoms with Gasteiger partial charge in [0.25, 0.3) is 0 Å². The summed E-state index contributed by atoms with van der Waals surface area (Å²) in [4.78, 5) is 18.6. The van der Waals surface area contributed by atoms with Crippen LogP contribution in [0, 0.1) is 0 Å². The average Bonchev–Trinajstić information content (AvgIpc) is 3.07. The van der Waals surface area contributed by atoms with E-state index in [-0.39, 0.29) is 11.9 Å². The molecule has 0 radical (unpaired) electrons. The number of aromatic nitrogens is 4. The number of nitrogens with zero attached hydrogens (tertiary/aromatic N) is 5. The third-order valence-electron chi connectivity index (χ3n) is 4.73. The summed E-state index contributed by atoms with van der Waals surface area (Å²) in [5.41, 5.74) is 2.15. The quantitative estimate of drug-likeness (QED) is 0.727. The third-order valence-corrected chi connectivity index (χ3v) is 4.73. The van der Waals surface area contributed by atoms with Crippen LogP contribution in [0.4, 0.5) is 0 Å². The summed E-state index contributed by atoms with van der Waals surface area (Å²) < 4.78 is 2.18. The number of amides is 1. The highest BCUT2D eigenvalue weighted by molar-refractivity contribution is 5.78. The number of carbonyl (C=O) groups excluding carboxylic acids is 1. The fourth-order valence-corrected chi connectivity index (χ4v) is 3.49.